The molecule has 1 aromatic carbocycles. The van der Waals surface area contributed by atoms with Crippen LogP contribution < -0.4 is 0 Å². The predicted octanol–water partition coefficient (Wildman–Crippen LogP) is 3.56. The molecule has 2 saturated heterocycles. The SMILES string of the molecule is O=C(c1sc2cc(C(F)(F)F)ccc2c1Cl)N1CC(N2CCC(=O)N(C(=O)c3ncccn3)CC2)C1. The predicted molar refractivity (Wildman–Crippen MR) is 126 cm³/mol. The number of rotatable bonds is 3. The van der Waals surface area contributed by atoms with Crippen LogP contribution in [0.3, 0.4) is 0 Å². The summed E-state index contributed by atoms with van der Waals surface area (Å²) in [6.45, 7) is 1.85. The number of hydrogen-bond donors (Lipinski definition) is 0. The molecule has 2 fully saturated rings. The molecular weight excluding hydrogens is 519 g/mol. The van der Waals surface area contributed by atoms with Crippen LogP contribution in [0.2, 0.25) is 5.02 Å². The molecule has 0 saturated carbocycles. The van der Waals surface area contributed by atoms with Gasteiger partial charge in [0.05, 0.1) is 10.6 Å². The van der Waals surface area contributed by atoms with E-state index in [9.17, 15) is 27.6 Å². The molecule has 3 aromatic rings. The number of likely N-dealkylation sites (tertiary alicyclic amines) is 1. The lowest BCUT2D eigenvalue weighted by Gasteiger charge is -2.45. The number of carbonyl (C=O) groups excluding carboxylic acids is 3. The first-order valence-electron chi connectivity index (χ1n) is 11.1. The fraction of sp³-hybridized carbons (Fsp3) is 0.348. The van der Waals surface area contributed by atoms with E-state index >= 15 is 0 Å². The molecule has 0 aliphatic carbocycles. The third-order valence-electron chi connectivity index (χ3n) is 6.34. The number of fused-ring (bicyclic) bond motifs is 1. The van der Waals surface area contributed by atoms with Gasteiger partial charge in [0.2, 0.25) is 11.7 Å². The fourth-order valence-corrected chi connectivity index (χ4v) is 5.84. The monoisotopic (exact) mass is 537 g/mol. The molecule has 0 spiro atoms. The molecular formula is C23H19ClF3N5O3S. The number of carbonyl (C=O) groups is 3. The third kappa shape index (κ3) is 4.56. The van der Waals surface area contributed by atoms with Crippen molar-refractivity contribution in [3.8, 4) is 0 Å². The van der Waals surface area contributed by atoms with Crippen molar-refractivity contribution in [1.82, 2.24) is 24.7 Å². The highest BCUT2D eigenvalue weighted by atomic mass is 35.5. The number of amides is 3. The van der Waals surface area contributed by atoms with Crippen LogP contribution in [0.1, 0.15) is 32.3 Å². The molecule has 0 unspecified atom stereocenters. The summed E-state index contributed by atoms with van der Waals surface area (Å²) >= 11 is 7.29. The zero-order valence-electron chi connectivity index (χ0n) is 18.7. The largest absolute Gasteiger partial charge is 0.416 e. The maximum atomic E-state index is 13.0. The van der Waals surface area contributed by atoms with E-state index in [4.69, 9.17) is 11.6 Å². The van der Waals surface area contributed by atoms with E-state index in [1.54, 1.807) is 11.0 Å². The molecule has 0 bridgehead atoms. The molecule has 8 nitrogen and oxygen atoms in total. The lowest BCUT2D eigenvalue weighted by Crippen LogP contribution is -2.61. The zero-order chi connectivity index (χ0) is 25.6. The number of thiophene rings is 1. The van der Waals surface area contributed by atoms with Crippen LogP contribution in [0.15, 0.2) is 36.7 Å². The van der Waals surface area contributed by atoms with E-state index in [1.165, 1.54) is 18.5 Å². The number of nitrogens with zero attached hydrogens (tertiary/aromatic N) is 5. The van der Waals surface area contributed by atoms with Crippen LogP contribution >= 0.6 is 22.9 Å². The van der Waals surface area contributed by atoms with Gasteiger partial charge in [-0.2, -0.15) is 13.2 Å². The van der Waals surface area contributed by atoms with Gasteiger partial charge in [-0.1, -0.05) is 17.7 Å². The van der Waals surface area contributed by atoms with E-state index in [-0.39, 0.29) is 46.5 Å². The van der Waals surface area contributed by atoms with Gasteiger partial charge in [0, 0.05) is 67.7 Å². The molecule has 13 heteroatoms. The van der Waals surface area contributed by atoms with Crippen molar-refractivity contribution in [2.45, 2.75) is 18.6 Å². The quantitative estimate of drug-likeness (QED) is 0.475. The van der Waals surface area contributed by atoms with Gasteiger partial charge in [0.25, 0.3) is 11.8 Å². The van der Waals surface area contributed by atoms with E-state index in [0.717, 1.165) is 28.4 Å². The van der Waals surface area contributed by atoms with Crippen LogP contribution in [0, 0.1) is 0 Å². The van der Waals surface area contributed by atoms with Crippen LogP contribution in [-0.2, 0) is 11.0 Å². The smallest absolute Gasteiger partial charge is 0.335 e. The molecule has 2 aliphatic heterocycles. The Morgan fingerprint density at radius 3 is 2.47 bits per heavy atom. The van der Waals surface area contributed by atoms with Gasteiger partial charge in [-0.15, -0.1) is 11.3 Å². The van der Waals surface area contributed by atoms with Crippen molar-refractivity contribution in [3.05, 3.63) is 57.9 Å². The molecule has 0 N–H and O–H groups in total. The minimum absolute atomic E-state index is 0.00485. The Bertz CT molecular complexity index is 1340. The third-order valence-corrected chi connectivity index (χ3v) is 7.99. The minimum atomic E-state index is -4.48. The number of halogens is 4. The first-order chi connectivity index (χ1) is 17.1. The lowest BCUT2D eigenvalue weighted by atomic mass is 10.1. The molecule has 188 valence electrons. The van der Waals surface area contributed by atoms with Gasteiger partial charge in [-0.05, 0) is 18.2 Å². The fourth-order valence-electron chi connectivity index (χ4n) is 4.32. The lowest BCUT2D eigenvalue weighted by molar-refractivity contribution is -0.137. The summed E-state index contributed by atoms with van der Waals surface area (Å²) < 4.78 is 39.4. The zero-order valence-corrected chi connectivity index (χ0v) is 20.2. The van der Waals surface area contributed by atoms with Gasteiger partial charge in [-0.25, -0.2) is 9.97 Å². The number of imide groups is 1. The van der Waals surface area contributed by atoms with E-state index in [0.29, 0.717) is 36.3 Å². The summed E-state index contributed by atoms with van der Waals surface area (Å²) in [5, 5.41) is 0.558. The summed E-state index contributed by atoms with van der Waals surface area (Å²) in [6, 6.07) is 4.82. The Balaban J connectivity index is 1.23. The van der Waals surface area contributed by atoms with Gasteiger partial charge in [0.1, 0.15) is 4.88 Å². The summed E-state index contributed by atoms with van der Waals surface area (Å²) in [5.41, 5.74) is -0.794. The molecule has 0 atom stereocenters. The van der Waals surface area contributed by atoms with Crippen LogP contribution in [0.5, 0.6) is 0 Å². The second-order valence-corrected chi connectivity index (χ2v) is 9.96. The molecule has 3 amide bonds. The van der Waals surface area contributed by atoms with Gasteiger partial charge in [0.15, 0.2) is 0 Å². The van der Waals surface area contributed by atoms with Crippen molar-refractivity contribution in [2.75, 3.05) is 32.7 Å². The van der Waals surface area contributed by atoms with Crippen molar-refractivity contribution in [3.63, 3.8) is 0 Å². The number of aromatic nitrogens is 2. The van der Waals surface area contributed by atoms with Gasteiger partial charge >= 0.3 is 6.18 Å². The summed E-state index contributed by atoms with van der Waals surface area (Å²) in [5.74, 6) is -1.23. The Kier molecular flexibility index (Phi) is 6.43. The van der Waals surface area contributed by atoms with Crippen molar-refractivity contribution in [1.29, 1.82) is 0 Å². The first-order valence-corrected chi connectivity index (χ1v) is 12.3. The van der Waals surface area contributed by atoms with E-state index in [2.05, 4.69) is 14.9 Å². The maximum Gasteiger partial charge on any atom is 0.416 e. The molecule has 0 radical (unpaired) electrons. The summed E-state index contributed by atoms with van der Waals surface area (Å²) in [4.78, 5) is 51.1. The van der Waals surface area contributed by atoms with E-state index < -0.39 is 17.6 Å². The van der Waals surface area contributed by atoms with E-state index in [1.807, 2.05) is 0 Å². The molecule has 5 rings (SSSR count). The topological polar surface area (TPSA) is 86.7 Å². The van der Waals surface area contributed by atoms with Gasteiger partial charge < -0.3 is 4.90 Å². The van der Waals surface area contributed by atoms with Crippen molar-refractivity contribution in [2.24, 2.45) is 0 Å². The Morgan fingerprint density at radius 2 is 1.78 bits per heavy atom. The molecule has 4 heterocycles. The average Bonchev–Trinajstić information content (AvgIpc) is 3.04. The maximum absolute atomic E-state index is 13.0. The molecule has 2 aromatic heterocycles. The Hall–Kier alpha value is -3.09. The second kappa shape index (κ2) is 9.41. The first kappa shape index (κ1) is 24.6. The highest BCUT2D eigenvalue weighted by molar-refractivity contribution is 7.21. The highest BCUT2D eigenvalue weighted by Crippen LogP contribution is 2.40. The Labute approximate surface area is 212 Å². The highest BCUT2D eigenvalue weighted by Gasteiger charge is 2.39. The number of hydrogen-bond acceptors (Lipinski definition) is 7. The summed E-state index contributed by atoms with van der Waals surface area (Å²) in [6.07, 6.45) is -1.46. The van der Waals surface area contributed by atoms with Crippen LogP contribution in [0.25, 0.3) is 10.1 Å². The standard InChI is InChI=1S/C23H19ClF3N5O3S/c24-18-15-3-2-13(23(25,26)27)10-16(15)36-19(18)21(34)31-11-14(12-31)30-7-4-17(33)32(9-8-30)22(35)20-28-5-1-6-29-20/h1-3,5-6,10,14H,4,7-9,11-12H2. The summed E-state index contributed by atoms with van der Waals surface area (Å²) in [7, 11) is 0. The number of alkyl halides is 3. The minimum Gasteiger partial charge on any atom is -0.335 e. The Morgan fingerprint density at radius 1 is 1.06 bits per heavy atom. The van der Waals surface area contributed by atoms with Crippen molar-refractivity contribution >= 4 is 50.7 Å². The normalized spacial score (nSPS) is 17.8. The van der Waals surface area contributed by atoms with Crippen LogP contribution in [0.4, 0.5) is 13.2 Å². The number of benzene rings is 1. The molecule has 2 aliphatic rings. The van der Waals surface area contributed by atoms with Gasteiger partial charge in [-0.3, -0.25) is 24.2 Å². The average molecular weight is 538 g/mol. The second-order valence-electron chi connectivity index (χ2n) is 8.53. The van der Waals surface area contributed by atoms with Crippen molar-refractivity contribution < 1.29 is 27.6 Å². The molecule has 36 heavy (non-hydrogen) atoms. The van der Waals surface area contributed by atoms with Crippen LogP contribution in [-0.4, -0.2) is 81.2 Å².